The second-order valence-corrected chi connectivity index (χ2v) is 5.90. The molecule has 3 aliphatic rings. The number of hydrogen-bond acceptors (Lipinski definition) is 5. The molecule has 5 nitrogen and oxygen atoms in total. The van der Waals surface area contributed by atoms with Crippen LogP contribution < -0.4 is 4.90 Å². The largest absolute Gasteiger partial charge is 0.366 e. The molecule has 1 aromatic heterocycles. The highest BCUT2D eigenvalue weighted by Crippen LogP contribution is 2.44. The van der Waals surface area contributed by atoms with Gasteiger partial charge in [0.25, 0.3) is 0 Å². The Hall–Kier alpha value is -1.93. The summed E-state index contributed by atoms with van der Waals surface area (Å²) >= 11 is 0. The number of nitriles is 1. The first-order valence-electron chi connectivity index (χ1n) is 7.01. The Morgan fingerprint density at radius 1 is 1.20 bits per heavy atom. The second-order valence-electron chi connectivity index (χ2n) is 5.90. The first-order valence-corrected chi connectivity index (χ1v) is 7.01. The number of aromatic nitrogens is 2. The van der Waals surface area contributed by atoms with E-state index in [1.807, 2.05) is 13.8 Å². The van der Waals surface area contributed by atoms with Crippen LogP contribution >= 0.6 is 0 Å². The average Bonchev–Trinajstić information content (AvgIpc) is 3.12. The highest BCUT2D eigenvalue weighted by atomic mass is 16.5. The van der Waals surface area contributed by atoms with Gasteiger partial charge in [-0.15, -0.1) is 5.10 Å². The number of rotatable bonds is 1. The zero-order valence-electron chi connectivity index (χ0n) is 11.6. The van der Waals surface area contributed by atoms with Gasteiger partial charge in [0.1, 0.15) is 11.6 Å². The van der Waals surface area contributed by atoms with E-state index < -0.39 is 0 Å². The molecule has 1 aromatic rings. The van der Waals surface area contributed by atoms with E-state index in [1.165, 1.54) is 0 Å². The number of aryl methyl sites for hydroxylation is 1. The van der Waals surface area contributed by atoms with Gasteiger partial charge in [-0.3, -0.25) is 0 Å². The quantitative estimate of drug-likeness (QED) is 0.720. The smallest absolute Gasteiger partial charge is 0.169 e. The monoisotopic (exact) mass is 268 g/mol. The Labute approximate surface area is 117 Å². The number of ether oxygens (including phenoxy) is 1. The van der Waals surface area contributed by atoms with Gasteiger partial charge < -0.3 is 9.64 Å². The number of hydrogen-bond donors (Lipinski definition) is 0. The molecule has 4 atom stereocenters. The van der Waals surface area contributed by atoms with Crippen molar-refractivity contribution in [2.24, 2.45) is 11.8 Å². The number of anilines is 1. The fraction of sp³-hybridized carbons (Fsp3) is 0.533. The molecular weight excluding hydrogens is 252 g/mol. The maximum absolute atomic E-state index is 9.42. The molecule has 0 spiro atoms. The van der Waals surface area contributed by atoms with Crippen LogP contribution in [-0.4, -0.2) is 35.5 Å². The summed E-state index contributed by atoms with van der Waals surface area (Å²) in [7, 11) is 0. The van der Waals surface area contributed by atoms with Gasteiger partial charge in [-0.05, 0) is 19.4 Å². The number of nitrogens with zero attached hydrogens (tertiary/aromatic N) is 4. The normalized spacial score (nSPS) is 33.5. The molecule has 2 saturated heterocycles. The first-order chi connectivity index (χ1) is 9.69. The van der Waals surface area contributed by atoms with Gasteiger partial charge in [0.2, 0.25) is 0 Å². The van der Waals surface area contributed by atoms with Crippen molar-refractivity contribution in [3.8, 4) is 6.07 Å². The van der Waals surface area contributed by atoms with Gasteiger partial charge in [0.05, 0.1) is 17.9 Å². The molecule has 0 aliphatic carbocycles. The molecule has 4 unspecified atom stereocenters. The standard InChI is InChI=1S/C15H16N4O/c1-8-9(2)17-18-15(10(8)5-16)19-6-11-12(7-19)14-4-3-13(11)20-14/h3-4,11-14H,6-7H2,1-2H3. The van der Waals surface area contributed by atoms with Gasteiger partial charge in [0.15, 0.2) is 5.82 Å². The summed E-state index contributed by atoms with van der Waals surface area (Å²) in [5, 5.41) is 17.9. The SMILES string of the molecule is Cc1nnc(N2CC3C4C=CC(O4)C3C2)c(C#N)c1C. The Balaban J connectivity index is 1.68. The zero-order chi connectivity index (χ0) is 13.9. The van der Waals surface area contributed by atoms with Gasteiger partial charge in [-0.2, -0.15) is 10.4 Å². The lowest BCUT2D eigenvalue weighted by molar-refractivity contribution is 0.100. The van der Waals surface area contributed by atoms with E-state index in [1.54, 1.807) is 0 Å². The first kappa shape index (κ1) is 11.9. The van der Waals surface area contributed by atoms with Crippen LogP contribution in [0.2, 0.25) is 0 Å². The molecule has 0 amide bonds. The maximum atomic E-state index is 9.42. The van der Waals surface area contributed by atoms with Crippen molar-refractivity contribution < 1.29 is 4.74 Å². The predicted octanol–water partition coefficient (Wildman–Crippen LogP) is 1.35. The van der Waals surface area contributed by atoms with E-state index in [-0.39, 0.29) is 12.2 Å². The van der Waals surface area contributed by atoms with Crippen molar-refractivity contribution in [1.29, 1.82) is 5.26 Å². The Morgan fingerprint density at radius 2 is 1.85 bits per heavy atom. The zero-order valence-corrected chi connectivity index (χ0v) is 11.6. The van der Waals surface area contributed by atoms with Crippen LogP contribution in [0.5, 0.6) is 0 Å². The minimum absolute atomic E-state index is 0.250. The molecule has 3 aliphatic heterocycles. The predicted molar refractivity (Wildman–Crippen MR) is 73.2 cm³/mol. The third-order valence-electron chi connectivity index (χ3n) is 4.91. The molecular formula is C15H16N4O. The molecule has 0 aromatic carbocycles. The summed E-state index contributed by atoms with van der Waals surface area (Å²) in [4.78, 5) is 2.21. The molecule has 0 saturated carbocycles. The third-order valence-corrected chi connectivity index (χ3v) is 4.91. The van der Waals surface area contributed by atoms with Crippen LogP contribution in [0.25, 0.3) is 0 Å². The van der Waals surface area contributed by atoms with E-state index >= 15 is 0 Å². The minimum atomic E-state index is 0.250. The van der Waals surface area contributed by atoms with Crippen molar-refractivity contribution in [2.45, 2.75) is 26.1 Å². The molecule has 20 heavy (non-hydrogen) atoms. The van der Waals surface area contributed by atoms with E-state index in [0.29, 0.717) is 17.4 Å². The van der Waals surface area contributed by atoms with Crippen molar-refractivity contribution in [3.63, 3.8) is 0 Å². The van der Waals surface area contributed by atoms with Crippen LogP contribution in [0.15, 0.2) is 12.2 Å². The minimum Gasteiger partial charge on any atom is -0.366 e. The van der Waals surface area contributed by atoms with E-state index in [4.69, 9.17) is 4.74 Å². The molecule has 102 valence electrons. The van der Waals surface area contributed by atoms with Crippen LogP contribution in [0.3, 0.4) is 0 Å². The molecule has 0 radical (unpaired) electrons. The lowest BCUT2D eigenvalue weighted by atomic mass is 9.86. The van der Waals surface area contributed by atoms with E-state index in [0.717, 1.165) is 30.2 Å². The third kappa shape index (κ3) is 1.46. The second kappa shape index (κ2) is 4.03. The topological polar surface area (TPSA) is 62.0 Å². The molecule has 4 heterocycles. The Morgan fingerprint density at radius 3 is 2.45 bits per heavy atom. The van der Waals surface area contributed by atoms with Crippen molar-refractivity contribution in [2.75, 3.05) is 18.0 Å². The summed E-state index contributed by atoms with van der Waals surface area (Å²) in [6.45, 7) is 5.64. The summed E-state index contributed by atoms with van der Waals surface area (Å²) in [6, 6.07) is 2.29. The van der Waals surface area contributed by atoms with Crippen LogP contribution in [0.1, 0.15) is 16.8 Å². The van der Waals surface area contributed by atoms with Gasteiger partial charge >= 0.3 is 0 Å². The van der Waals surface area contributed by atoms with Crippen LogP contribution in [-0.2, 0) is 4.74 Å². The average molecular weight is 268 g/mol. The van der Waals surface area contributed by atoms with Gasteiger partial charge in [-0.1, -0.05) is 12.2 Å². The fourth-order valence-corrected chi connectivity index (χ4v) is 3.65. The van der Waals surface area contributed by atoms with Crippen molar-refractivity contribution in [3.05, 3.63) is 29.0 Å². The highest BCUT2D eigenvalue weighted by Gasteiger charge is 2.51. The number of fused-ring (bicyclic) bond motifs is 5. The lowest BCUT2D eigenvalue weighted by Gasteiger charge is -2.21. The van der Waals surface area contributed by atoms with Gasteiger partial charge in [0, 0.05) is 24.9 Å². The molecule has 2 bridgehead atoms. The summed E-state index contributed by atoms with van der Waals surface area (Å²) < 4.78 is 5.88. The molecule has 4 rings (SSSR count). The van der Waals surface area contributed by atoms with E-state index in [2.05, 4.69) is 33.3 Å². The summed E-state index contributed by atoms with van der Waals surface area (Å²) in [6.07, 6.45) is 4.85. The lowest BCUT2D eigenvalue weighted by Crippen LogP contribution is -2.27. The fourth-order valence-electron chi connectivity index (χ4n) is 3.65. The van der Waals surface area contributed by atoms with E-state index in [9.17, 15) is 5.26 Å². The Kier molecular flexibility index (Phi) is 2.39. The van der Waals surface area contributed by atoms with Crippen molar-refractivity contribution >= 4 is 5.82 Å². The maximum Gasteiger partial charge on any atom is 0.169 e. The van der Waals surface area contributed by atoms with Crippen LogP contribution in [0, 0.1) is 37.0 Å². The highest BCUT2D eigenvalue weighted by molar-refractivity contribution is 5.58. The molecule has 2 fully saturated rings. The summed E-state index contributed by atoms with van der Waals surface area (Å²) in [5.74, 6) is 1.80. The summed E-state index contributed by atoms with van der Waals surface area (Å²) in [5.41, 5.74) is 2.43. The van der Waals surface area contributed by atoms with Crippen molar-refractivity contribution in [1.82, 2.24) is 10.2 Å². The molecule has 5 heteroatoms. The Bertz CT molecular complexity index is 628. The van der Waals surface area contributed by atoms with Gasteiger partial charge in [-0.25, -0.2) is 0 Å². The molecule has 0 N–H and O–H groups in total. The van der Waals surface area contributed by atoms with Crippen LogP contribution in [0.4, 0.5) is 5.82 Å².